The second-order valence-electron chi connectivity index (χ2n) is 2.71. The van der Waals surface area contributed by atoms with Crippen molar-refractivity contribution in [2.75, 3.05) is 0 Å². The maximum Gasteiger partial charge on any atom is 0.190 e. The van der Waals surface area contributed by atoms with Crippen molar-refractivity contribution in [2.45, 2.75) is 6.92 Å². The van der Waals surface area contributed by atoms with Crippen molar-refractivity contribution in [3.63, 3.8) is 0 Å². The van der Waals surface area contributed by atoms with E-state index < -0.39 is 0 Å². The molecule has 0 bridgehead atoms. The lowest BCUT2D eigenvalue weighted by molar-refractivity contribution is 1.09. The van der Waals surface area contributed by atoms with Gasteiger partial charge in [0, 0.05) is 0 Å². The predicted octanol–water partition coefficient (Wildman–Crippen LogP) is 3.98. The molecule has 7 heteroatoms. The maximum atomic E-state index is 5.92. The van der Waals surface area contributed by atoms with Gasteiger partial charge in [0.25, 0.3) is 0 Å². The summed E-state index contributed by atoms with van der Waals surface area (Å²) in [5, 5.41) is 1.04. The molecule has 78 valence electrons. The average molecular weight is 325 g/mol. The van der Waals surface area contributed by atoms with Crippen molar-refractivity contribution in [1.82, 2.24) is 15.0 Å². The summed E-state index contributed by atoms with van der Waals surface area (Å²) < 4.78 is 1.31. The molecule has 3 nitrogen and oxygen atoms in total. The Labute approximate surface area is 109 Å². The Hall–Kier alpha value is -0.230. The van der Waals surface area contributed by atoms with E-state index in [9.17, 15) is 0 Å². The highest BCUT2D eigenvalue weighted by atomic mass is 79.9. The van der Waals surface area contributed by atoms with Crippen LogP contribution in [0.3, 0.4) is 0 Å². The Morgan fingerprint density at radius 1 is 1.33 bits per heavy atom. The Morgan fingerprint density at radius 2 is 2.07 bits per heavy atom. The maximum absolute atomic E-state index is 5.92. The zero-order chi connectivity index (χ0) is 11.0. The van der Waals surface area contributed by atoms with Crippen LogP contribution in [0, 0.1) is 6.92 Å². The van der Waals surface area contributed by atoms with Gasteiger partial charge in [0.1, 0.15) is 9.49 Å². The molecule has 0 N–H and O–H groups in total. The molecule has 0 atom stereocenters. The first kappa shape index (κ1) is 11.3. The molecule has 0 aliphatic heterocycles. The van der Waals surface area contributed by atoms with E-state index >= 15 is 0 Å². The van der Waals surface area contributed by atoms with Gasteiger partial charge >= 0.3 is 0 Å². The molecular formula is C8H4BrCl2N3S. The molecule has 0 unspecified atom stereocenters. The number of thiazole rings is 1. The molecule has 0 radical (unpaired) electrons. The SMILES string of the molecule is Cc1nc(-c2ncc(Cl)s2)nc(Cl)c1Br. The van der Waals surface area contributed by atoms with Gasteiger partial charge < -0.3 is 0 Å². The van der Waals surface area contributed by atoms with E-state index in [0.29, 0.717) is 24.8 Å². The molecule has 0 aromatic carbocycles. The normalized spacial score (nSPS) is 10.7. The molecule has 0 aliphatic carbocycles. The van der Waals surface area contributed by atoms with Crippen LogP contribution in [-0.4, -0.2) is 15.0 Å². The lowest BCUT2D eigenvalue weighted by Gasteiger charge is -2.01. The molecule has 0 saturated heterocycles. The number of hydrogen-bond acceptors (Lipinski definition) is 4. The van der Waals surface area contributed by atoms with Gasteiger partial charge in [-0.3, -0.25) is 0 Å². The summed E-state index contributed by atoms with van der Waals surface area (Å²) in [5.41, 5.74) is 0.774. The van der Waals surface area contributed by atoms with E-state index in [2.05, 4.69) is 30.9 Å². The van der Waals surface area contributed by atoms with Crippen LogP contribution in [0.4, 0.5) is 0 Å². The fourth-order valence-electron chi connectivity index (χ4n) is 0.978. The van der Waals surface area contributed by atoms with Crippen molar-refractivity contribution in [3.05, 3.63) is 25.9 Å². The lowest BCUT2D eigenvalue weighted by atomic mass is 10.4. The van der Waals surface area contributed by atoms with Crippen LogP contribution in [0.1, 0.15) is 5.69 Å². The quantitative estimate of drug-likeness (QED) is 0.745. The van der Waals surface area contributed by atoms with Gasteiger partial charge in [0.05, 0.1) is 16.4 Å². The zero-order valence-corrected chi connectivity index (χ0v) is 11.4. The minimum atomic E-state index is 0.379. The first-order chi connectivity index (χ1) is 7.08. The number of aryl methyl sites for hydroxylation is 1. The summed E-state index contributed by atoms with van der Waals surface area (Å²) in [4.78, 5) is 12.5. The molecule has 2 heterocycles. The fraction of sp³-hybridized carbons (Fsp3) is 0.125. The molecule has 0 aliphatic rings. The number of hydrogen-bond donors (Lipinski definition) is 0. The largest absolute Gasteiger partial charge is 0.240 e. The van der Waals surface area contributed by atoms with E-state index in [1.807, 2.05) is 6.92 Å². The van der Waals surface area contributed by atoms with Gasteiger partial charge in [0.15, 0.2) is 10.8 Å². The van der Waals surface area contributed by atoms with Gasteiger partial charge in [0.2, 0.25) is 0 Å². The summed E-state index contributed by atoms with van der Waals surface area (Å²) >= 11 is 16.3. The van der Waals surface area contributed by atoms with Crippen molar-refractivity contribution in [1.29, 1.82) is 0 Å². The molecule has 0 saturated carbocycles. The summed E-state index contributed by atoms with van der Waals surface area (Å²) in [5.74, 6) is 0.498. The Morgan fingerprint density at radius 3 is 2.60 bits per heavy atom. The van der Waals surface area contributed by atoms with E-state index in [1.54, 1.807) is 6.20 Å². The summed E-state index contributed by atoms with van der Waals surface area (Å²) in [7, 11) is 0. The predicted molar refractivity (Wildman–Crippen MR) is 65.6 cm³/mol. The molecule has 2 aromatic heterocycles. The minimum Gasteiger partial charge on any atom is -0.240 e. The summed E-state index contributed by atoms with van der Waals surface area (Å²) in [6.07, 6.45) is 1.57. The van der Waals surface area contributed by atoms with Crippen LogP contribution < -0.4 is 0 Å². The highest BCUT2D eigenvalue weighted by Gasteiger charge is 2.11. The van der Waals surface area contributed by atoms with Gasteiger partial charge in [-0.05, 0) is 22.9 Å². The van der Waals surface area contributed by atoms with Crippen LogP contribution in [0.2, 0.25) is 9.49 Å². The molecule has 0 fully saturated rings. The summed E-state index contributed by atoms with van der Waals surface area (Å²) in [6.45, 7) is 1.84. The van der Waals surface area contributed by atoms with Crippen molar-refractivity contribution >= 4 is 50.5 Å². The van der Waals surface area contributed by atoms with Crippen LogP contribution in [0.15, 0.2) is 10.7 Å². The third-order valence-electron chi connectivity index (χ3n) is 1.65. The molecule has 0 spiro atoms. The van der Waals surface area contributed by atoms with Crippen molar-refractivity contribution in [2.24, 2.45) is 0 Å². The summed E-state index contributed by atoms with van der Waals surface area (Å²) in [6, 6.07) is 0. The smallest absolute Gasteiger partial charge is 0.190 e. The van der Waals surface area contributed by atoms with Gasteiger partial charge in [-0.2, -0.15) is 0 Å². The third-order valence-corrected chi connectivity index (χ3v) is 4.21. The molecule has 15 heavy (non-hydrogen) atoms. The Bertz CT molecular complexity index is 491. The van der Waals surface area contributed by atoms with E-state index in [-0.39, 0.29) is 0 Å². The highest BCUT2D eigenvalue weighted by Crippen LogP contribution is 2.29. The number of halogens is 3. The molecule has 2 aromatic rings. The van der Waals surface area contributed by atoms with Crippen molar-refractivity contribution < 1.29 is 0 Å². The minimum absolute atomic E-state index is 0.379. The average Bonchev–Trinajstić information content (AvgIpc) is 2.60. The topological polar surface area (TPSA) is 38.7 Å². The van der Waals surface area contributed by atoms with E-state index in [1.165, 1.54) is 11.3 Å². The fourth-order valence-corrected chi connectivity index (χ4v) is 2.22. The number of aromatic nitrogens is 3. The molecular weight excluding hydrogens is 321 g/mol. The van der Waals surface area contributed by atoms with Crippen LogP contribution in [-0.2, 0) is 0 Å². The number of nitrogens with zero attached hydrogens (tertiary/aromatic N) is 3. The van der Waals surface area contributed by atoms with Gasteiger partial charge in [-0.1, -0.05) is 34.5 Å². The standard InChI is InChI=1S/C8H4BrCl2N3S/c1-3-5(9)6(11)14-7(13-3)8-12-2-4(10)15-8/h2H,1H3. The first-order valence-corrected chi connectivity index (χ1v) is 6.26. The van der Waals surface area contributed by atoms with Gasteiger partial charge in [-0.25, -0.2) is 15.0 Å². The van der Waals surface area contributed by atoms with Crippen LogP contribution in [0.5, 0.6) is 0 Å². The monoisotopic (exact) mass is 323 g/mol. The highest BCUT2D eigenvalue weighted by molar-refractivity contribution is 9.10. The molecule has 2 rings (SSSR count). The lowest BCUT2D eigenvalue weighted by Crippen LogP contribution is -1.93. The van der Waals surface area contributed by atoms with Crippen molar-refractivity contribution in [3.8, 4) is 10.8 Å². The molecule has 0 amide bonds. The number of rotatable bonds is 1. The van der Waals surface area contributed by atoms with E-state index in [4.69, 9.17) is 23.2 Å². The second-order valence-corrected chi connectivity index (χ2v) is 5.52. The zero-order valence-electron chi connectivity index (χ0n) is 7.46. The third kappa shape index (κ3) is 2.30. The first-order valence-electron chi connectivity index (χ1n) is 3.89. The Balaban J connectivity index is 2.55. The second kappa shape index (κ2) is 4.33. The van der Waals surface area contributed by atoms with E-state index in [0.717, 1.165) is 5.69 Å². The van der Waals surface area contributed by atoms with Crippen LogP contribution >= 0.6 is 50.5 Å². The Kier molecular flexibility index (Phi) is 3.25. The van der Waals surface area contributed by atoms with Crippen LogP contribution in [0.25, 0.3) is 10.8 Å². The van der Waals surface area contributed by atoms with Gasteiger partial charge in [-0.15, -0.1) is 0 Å².